The molecule has 7 nitrogen and oxygen atoms in total. The molecule has 0 unspecified atom stereocenters. The van der Waals surface area contributed by atoms with Gasteiger partial charge in [0, 0.05) is 13.2 Å². The summed E-state index contributed by atoms with van der Waals surface area (Å²) in [6, 6.07) is 1.10. The normalized spacial score (nSPS) is 12.0. The molecule has 0 aromatic carbocycles. The van der Waals surface area contributed by atoms with Crippen molar-refractivity contribution in [3.05, 3.63) is 18.0 Å². The van der Waals surface area contributed by atoms with Crippen molar-refractivity contribution in [3.8, 4) is 0 Å². The van der Waals surface area contributed by atoms with Crippen molar-refractivity contribution >= 4 is 16.0 Å². The van der Waals surface area contributed by atoms with Crippen LogP contribution in [0.3, 0.4) is 0 Å². The maximum atomic E-state index is 12.0. The van der Waals surface area contributed by atoms with Crippen LogP contribution in [-0.4, -0.2) is 45.1 Å². The first-order chi connectivity index (χ1) is 9.31. The summed E-state index contributed by atoms with van der Waals surface area (Å²) in [4.78, 5) is 12.0. The molecule has 1 rings (SSSR count). The first-order valence-electron chi connectivity index (χ1n) is 6.52. The molecule has 0 atom stereocenters. The molecular weight excluding hydrogens is 282 g/mol. The Labute approximate surface area is 119 Å². The lowest BCUT2D eigenvalue weighted by Gasteiger charge is -2.15. The molecule has 0 aliphatic carbocycles. The molecule has 20 heavy (non-hydrogen) atoms. The highest BCUT2D eigenvalue weighted by Crippen LogP contribution is 2.12. The minimum Gasteiger partial charge on any atom is -0.543 e. The number of aromatic carboxylic acids is 1. The first-order valence-corrected chi connectivity index (χ1v) is 8.01. The van der Waals surface area contributed by atoms with Crippen LogP contribution in [0.1, 0.15) is 24.3 Å². The summed E-state index contributed by atoms with van der Waals surface area (Å²) in [5.41, 5.74) is -0.167. The molecule has 114 valence electrons. The lowest BCUT2D eigenvalue weighted by atomic mass is 10.4. The summed E-state index contributed by atoms with van der Waals surface area (Å²) in [5, 5.41) is 10.8. The second kappa shape index (κ2) is 6.87. The number of carboxylic acid groups (broad SMARTS) is 1. The summed E-state index contributed by atoms with van der Waals surface area (Å²) in [6.45, 7) is 6.94. The summed E-state index contributed by atoms with van der Waals surface area (Å²) in [7, 11) is -2.22. The maximum absolute atomic E-state index is 12.0. The average Bonchev–Trinajstić information content (AvgIpc) is 2.78. The molecule has 0 spiro atoms. The number of aryl methyl sites for hydroxylation is 1. The van der Waals surface area contributed by atoms with Gasteiger partial charge in [-0.2, -0.15) is 0 Å². The van der Waals surface area contributed by atoms with E-state index in [-0.39, 0.29) is 10.6 Å². The van der Waals surface area contributed by atoms with Crippen LogP contribution in [0.25, 0.3) is 0 Å². The van der Waals surface area contributed by atoms with Crippen molar-refractivity contribution in [2.45, 2.75) is 18.7 Å². The Hall–Kier alpha value is -1.38. The summed E-state index contributed by atoms with van der Waals surface area (Å²) in [5.74, 6) is -1.40. The monoisotopic (exact) mass is 303 g/mol. The number of sulfonamides is 1. The third-order valence-corrected chi connectivity index (χ3v) is 4.70. The second-order valence-corrected chi connectivity index (χ2v) is 6.33. The molecule has 1 aromatic heterocycles. The van der Waals surface area contributed by atoms with Gasteiger partial charge in [-0.3, -0.25) is 0 Å². The maximum Gasteiger partial charge on any atom is 0.242 e. The van der Waals surface area contributed by atoms with Crippen molar-refractivity contribution in [1.82, 2.24) is 9.29 Å². The van der Waals surface area contributed by atoms with Crippen LogP contribution in [0, 0.1) is 0 Å². The summed E-state index contributed by atoms with van der Waals surface area (Å²) in [6.07, 6.45) is 1.26. The van der Waals surface area contributed by atoms with Gasteiger partial charge in [0.25, 0.3) is 0 Å². The van der Waals surface area contributed by atoms with E-state index in [1.165, 1.54) is 22.7 Å². The third-order valence-electron chi connectivity index (χ3n) is 3.27. The molecule has 0 fully saturated rings. The number of nitrogens with zero attached hydrogens (tertiary/aromatic N) is 1. The largest absolute Gasteiger partial charge is 0.543 e. The van der Waals surface area contributed by atoms with Crippen molar-refractivity contribution < 1.29 is 23.2 Å². The topological polar surface area (TPSA) is 95.7 Å². The highest BCUT2D eigenvalue weighted by molar-refractivity contribution is 7.89. The predicted molar refractivity (Wildman–Crippen MR) is 71.8 cm³/mol. The van der Waals surface area contributed by atoms with Gasteiger partial charge in [-0.25, -0.2) is 13.1 Å². The van der Waals surface area contributed by atoms with E-state index in [2.05, 4.69) is 4.72 Å². The number of carboxylic acids is 1. The SMILES string of the molecule is CC[NH+](CC)CCNS(=O)(=O)c1cc(C(=O)[O-])n(C)c1. The number of likely N-dealkylation sites (N-methyl/N-ethyl adjacent to an activating group) is 1. The van der Waals surface area contributed by atoms with Gasteiger partial charge in [0.15, 0.2) is 0 Å². The fraction of sp³-hybridized carbons (Fsp3) is 0.583. The van der Waals surface area contributed by atoms with Crippen LogP contribution >= 0.6 is 0 Å². The number of quaternary nitrogens is 1. The zero-order valence-corrected chi connectivity index (χ0v) is 12.8. The Morgan fingerprint density at radius 1 is 1.40 bits per heavy atom. The molecule has 0 aliphatic heterocycles. The molecule has 0 saturated carbocycles. The van der Waals surface area contributed by atoms with Gasteiger partial charge in [-0.15, -0.1) is 0 Å². The van der Waals surface area contributed by atoms with E-state index in [1.54, 1.807) is 0 Å². The van der Waals surface area contributed by atoms with Crippen LogP contribution in [0.5, 0.6) is 0 Å². The number of hydrogen-bond donors (Lipinski definition) is 2. The van der Waals surface area contributed by atoms with E-state index in [4.69, 9.17) is 0 Å². The molecule has 0 saturated heterocycles. The molecular formula is C12H21N3O4S. The Balaban J connectivity index is 2.74. The van der Waals surface area contributed by atoms with Gasteiger partial charge in [-0.1, -0.05) is 0 Å². The highest BCUT2D eigenvalue weighted by Gasteiger charge is 2.18. The van der Waals surface area contributed by atoms with Crippen LogP contribution < -0.4 is 14.7 Å². The average molecular weight is 303 g/mol. The van der Waals surface area contributed by atoms with Crippen LogP contribution in [0.15, 0.2) is 17.2 Å². The fourth-order valence-electron chi connectivity index (χ4n) is 1.93. The molecule has 0 radical (unpaired) electrons. The lowest BCUT2D eigenvalue weighted by molar-refractivity contribution is -0.895. The van der Waals surface area contributed by atoms with E-state index in [0.29, 0.717) is 13.1 Å². The number of hydrogen-bond acceptors (Lipinski definition) is 4. The lowest BCUT2D eigenvalue weighted by Crippen LogP contribution is -3.12. The minimum absolute atomic E-state index is 0.0613. The molecule has 0 bridgehead atoms. The third kappa shape index (κ3) is 4.06. The van der Waals surface area contributed by atoms with Crippen LogP contribution in [-0.2, 0) is 17.1 Å². The van der Waals surface area contributed by atoms with Gasteiger partial charge in [-0.05, 0) is 19.9 Å². The molecule has 1 aromatic rings. The fourth-order valence-corrected chi connectivity index (χ4v) is 3.03. The number of carbonyl (C=O) groups excluding carboxylic acids is 1. The molecule has 8 heteroatoms. The Kier molecular flexibility index (Phi) is 5.73. The number of carbonyl (C=O) groups is 1. The van der Waals surface area contributed by atoms with Crippen molar-refractivity contribution in [2.24, 2.45) is 7.05 Å². The van der Waals surface area contributed by atoms with Crippen LogP contribution in [0.4, 0.5) is 0 Å². The molecule has 1 heterocycles. The van der Waals surface area contributed by atoms with E-state index in [1.807, 2.05) is 13.8 Å². The Bertz CT molecular complexity index is 561. The quantitative estimate of drug-likeness (QED) is 0.559. The van der Waals surface area contributed by atoms with Gasteiger partial charge in [0.1, 0.15) is 4.90 Å². The molecule has 2 N–H and O–H groups in total. The zero-order chi connectivity index (χ0) is 15.3. The van der Waals surface area contributed by atoms with E-state index in [0.717, 1.165) is 19.2 Å². The van der Waals surface area contributed by atoms with E-state index in [9.17, 15) is 18.3 Å². The van der Waals surface area contributed by atoms with Crippen molar-refractivity contribution in [1.29, 1.82) is 0 Å². The number of rotatable bonds is 8. The van der Waals surface area contributed by atoms with Gasteiger partial charge in [0.2, 0.25) is 10.0 Å². The highest BCUT2D eigenvalue weighted by atomic mass is 32.2. The smallest absolute Gasteiger partial charge is 0.242 e. The number of nitrogens with one attached hydrogen (secondary N) is 2. The van der Waals surface area contributed by atoms with E-state index < -0.39 is 16.0 Å². The second-order valence-electron chi connectivity index (χ2n) is 4.56. The zero-order valence-electron chi connectivity index (χ0n) is 12.0. The summed E-state index contributed by atoms with van der Waals surface area (Å²) >= 11 is 0. The van der Waals surface area contributed by atoms with Crippen LogP contribution in [0.2, 0.25) is 0 Å². The molecule has 0 amide bonds. The standard InChI is InChI=1S/C12H21N3O4S/c1-4-15(5-2)7-6-13-20(18,19)10-8-11(12(16)17)14(3)9-10/h8-9,13H,4-7H2,1-3H3,(H,16,17). The number of aromatic nitrogens is 1. The predicted octanol–water partition coefficient (Wildman–Crippen LogP) is -2.41. The van der Waals surface area contributed by atoms with E-state index >= 15 is 0 Å². The minimum atomic E-state index is -3.68. The van der Waals surface area contributed by atoms with Crippen molar-refractivity contribution in [3.63, 3.8) is 0 Å². The molecule has 0 aliphatic rings. The Morgan fingerprint density at radius 3 is 2.45 bits per heavy atom. The Morgan fingerprint density at radius 2 is 2.00 bits per heavy atom. The van der Waals surface area contributed by atoms with Gasteiger partial charge >= 0.3 is 0 Å². The van der Waals surface area contributed by atoms with Gasteiger partial charge < -0.3 is 19.4 Å². The van der Waals surface area contributed by atoms with Gasteiger partial charge in [0.05, 0.1) is 37.8 Å². The summed E-state index contributed by atoms with van der Waals surface area (Å²) < 4.78 is 27.8. The first kappa shape index (κ1) is 16.7. The van der Waals surface area contributed by atoms with Crippen molar-refractivity contribution in [2.75, 3.05) is 26.2 Å².